The van der Waals surface area contributed by atoms with E-state index in [1.807, 2.05) is 0 Å². The number of halogens is 1. The summed E-state index contributed by atoms with van der Waals surface area (Å²) in [6.45, 7) is 0. The van der Waals surface area contributed by atoms with Crippen LogP contribution in [0.15, 0.2) is 58.3 Å². The molecule has 0 aliphatic rings. The number of sulfonamides is 2. The van der Waals surface area contributed by atoms with E-state index in [1.54, 1.807) is 6.07 Å². The molecule has 6 nitrogen and oxygen atoms in total. The first-order valence-electron chi connectivity index (χ1n) is 6.44. The smallest absolute Gasteiger partial charge is 0.261 e. The van der Waals surface area contributed by atoms with Crippen LogP contribution in [0.3, 0.4) is 0 Å². The number of benzene rings is 2. The average molecular weight is 375 g/mol. The Labute approximate surface area is 140 Å². The lowest BCUT2D eigenvalue weighted by Crippen LogP contribution is -2.22. The van der Waals surface area contributed by atoms with E-state index < -0.39 is 20.0 Å². The van der Waals surface area contributed by atoms with Crippen LogP contribution in [0, 0.1) is 0 Å². The molecule has 124 valence electrons. The van der Waals surface area contributed by atoms with Crippen LogP contribution in [0.25, 0.3) is 0 Å². The summed E-state index contributed by atoms with van der Waals surface area (Å²) in [4.78, 5) is 0.100. The number of hydrogen-bond acceptors (Lipinski definition) is 4. The van der Waals surface area contributed by atoms with Crippen molar-refractivity contribution in [3.63, 3.8) is 0 Å². The van der Waals surface area contributed by atoms with Crippen LogP contribution >= 0.6 is 11.6 Å². The molecule has 0 saturated heterocycles. The fraction of sp³-hybridized carbons (Fsp3) is 0.143. The van der Waals surface area contributed by atoms with Crippen molar-refractivity contribution in [2.45, 2.75) is 9.79 Å². The zero-order valence-electron chi connectivity index (χ0n) is 12.4. The van der Waals surface area contributed by atoms with Crippen molar-refractivity contribution in [3.05, 3.63) is 53.6 Å². The Bertz CT molecular complexity index is 908. The fourth-order valence-electron chi connectivity index (χ4n) is 1.75. The van der Waals surface area contributed by atoms with E-state index in [9.17, 15) is 16.8 Å². The highest BCUT2D eigenvalue weighted by Crippen LogP contribution is 2.21. The summed E-state index contributed by atoms with van der Waals surface area (Å²) >= 11 is 5.79. The molecule has 2 rings (SSSR count). The van der Waals surface area contributed by atoms with E-state index in [1.165, 1.54) is 56.6 Å². The number of nitrogens with zero attached hydrogens (tertiary/aromatic N) is 1. The van der Waals surface area contributed by atoms with Gasteiger partial charge >= 0.3 is 0 Å². The van der Waals surface area contributed by atoms with Gasteiger partial charge in [0.15, 0.2) is 0 Å². The monoisotopic (exact) mass is 374 g/mol. The molecule has 0 saturated carbocycles. The van der Waals surface area contributed by atoms with Crippen LogP contribution in [0.5, 0.6) is 0 Å². The molecule has 0 aliphatic carbocycles. The number of rotatable bonds is 5. The maximum Gasteiger partial charge on any atom is 0.261 e. The van der Waals surface area contributed by atoms with Crippen LogP contribution in [0.4, 0.5) is 5.69 Å². The van der Waals surface area contributed by atoms with E-state index in [2.05, 4.69) is 4.72 Å². The zero-order chi connectivity index (χ0) is 17.3. The van der Waals surface area contributed by atoms with Gasteiger partial charge < -0.3 is 0 Å². The topological polar surface area (TPSA) is 83.6 Å². The molecule has 0 aliphatic heterocycles. The summed E-state index contributed by atoms with van der Waals surface area (Å²) in [5.74, 6) is 0. The van der Waals surface area contributed by atoms with E-state index in [4.69, 9.17) is 11.6 Å². The molecule has 0 bridgehead atoms. The lowest BCUT2D eigenvalue weighted by Gasteiger charge is -2.12. The summed E-state index contributed by atoms with van der Waals surface area (Å²) < 4.78 is 51.9. The summed E-state index contributed by atoms with van der Waals surface area (Å²) in [7, 11) is -4.51. The molecular weight excluding hydrogens is 360 g/mol. The minimum absolute atomic E-state index is 0.0231. The molecule has 0 atom stereocenters. The normalized spacial score (nSPS) is 12.3. The molecule has 9 heteroatoms. The van der Waals surface area contributed by atoms with Crippen molar-refractivity contribution in [2.75, 3.05) is 18.8 Å². The van der Waals surface area contributed by atoms with Crippen LogP contribution in [0.1, 0.15) is 0 Å². The predicted octanol–water partition coefficient (Wildman–Crippen LogP) is 2.39. The zero-order valence-corrected chi connectivity index (χ0v) is 14.8. The summed E-state index contributed by atoms with van der Waals surface area (Å²) in [5.41, 5.74) is 0.252. The lowest BCUT2D eigenvalue weighted by molar-refractivity contribution is 0.521. The first-order valence-corrected chi connectivity index (χ1v) is 9.74. The molecule has 2 aromatic carbocycles. The molecule has 23 heavy (non-hydrogen) atoms. The molecule has 0 aromatic heterocycles. The Kier molecular flexibility index (Phi) is 5.00. The quantitative estimate of drug-likeness (QED) is 0.870. The molecule has 0 spiro atoms. The van der Waals surface area contributed by atoms with Crippen molar-refractivity contribution in [1.29, 1.82) is 0 Å². The van der Waals surface area contributed by atoms with Crippen molar-refractivity contribution in [1.82, 2.24) is 4.31 Å². The van der Waals surface area contributed by atoms with E-state index in [0.717, 1.165) is 4.31 Å². The minimum atomic E-state index is -3.79. The summed E-state index contributed by atoms with van der Waals surface area (Å²) in [5, 5.41) is 0.306. The number of nitrogens with one attached hydrogen (secondary N) is 1. The third kappa shape index (κ3) is 4.03. The molecule has 0 fully saturated rings. The highest BCUT2D eigenvalue weighted by atomic mass is 35.5. The second-order valence-electron chi connectivity index (χ2n) is 4.87. The van der Waals surface area contributed by atoms with Gasteiger partial charge in [0.1, 0.15) is 0 Å². The van der Waals surface area contributed by atoms with Gasteiger partial charge in [-0.3, -0.25) is 4.72 Å². The second-order valence-corrected chi connectivity index (χ2v) is 9.15. The molecule has 0 unspecified atom stereocenters. The average Bonchev–Trinajstić information content (AvgIpc) is 2.47. The van der Waals surface area contributed by atoms with Gasteiger partial charge in [-0.15, -0.1) is 0 Å². The second kappa shape index (κ2) is 6.48. The van der Waals surface area contributed by atoms with Crippen molar-refractivity contribution in [2.24, 2.45) is 0 Å². The largest absolute Gasteiger partial charge is 0.280 e. The van der Waals surface area contributed by atoms with E-state index in [0.29, 0.717) is 5.02 Å². The molecule has 2 aromatic rings. The third-order valence-corrected chi connectivity index (χ3v) is 6.43. The highest BCUT2D eigenvalue weighted by molar-refractivity contribution is 7.92. The molecule has 1 N–H and O–H groups in total. The highest BCUT2D eigenvalue weighted by Gasteiger charge is 2.18. The van der Waals surface area contributed by atoms with Crippen LogP contribution < -0.4 is 4.72 Å². The van der Waals surface area contributed by atoms with Crippen LogP contribution in [-0.2, 0) is 20.0 Å². The Morgan fingerprint density at radius 3 is 2.04 bits per heavy atom. The standard InChI is InChI=1S/C14H15ClN2O4S2/c1-17(2)23(20,21)13-8-6-12(7-9-13)16-22(18,19)14-5-3-4-11(15)10-14/h3-10,16H,1-2H3. The van der Waals surface area contributed by atoms with Gasteiger partial charge in [0.25, 0.3) is 10.0 Å². The van der Waals surface area contributed by atoms with Gasteiger partial charge in [-0.05, 0) is 42.5 Å². The van der Waals surface area contributed by atoms with Crippen LogP contribution in [0.2, 0.25) is 5.02 Å². The van der Waals surface area contributed by atoms with E-state index in [-0.39, 0.29) is 15.5 Å². The molecule has 0 radical (unpaired) electrons. The lowest BCUT2D eigenvalue weighted by atomic mass is 10.3. The Hall–Kier alpha value is -1.61. The van der Waals surface area contributed by atoms with Crippen molar-refractivity contribution >= 4 is 37.3 Å². The first kappa shape index (κ1) is 17.7. The fourth-order valence-corrected chi connectivity index (χ4v) is 4.01. The van der Waals surface area contributed by atoms with Crippen molar-refractivity contribution < 1.29 is 16.8 Å². The van der Waals surface area contributed by atoms with Gasteiger partial charge in [0.05, 0.1) is 9.79 Å². The molecule has 0 heterocycles. The SMILES string of the molecule is CN(C)S(=O)(=O)c1ccc(NS(=O)(=O)c2cccc(Cl)c2)cc1. The predicted molar refractivity (Wildman–Crippen MR) is 89.6 cm³/mol. The maximum atomic E-state index is 12.2. The van der Waals surface area contributed by atoms with Gasteiger partial charge in [-0.25, -0.2) is 21.1 Å². The molecule has 0 amide bonds. The maximum absolute atomic E-state index is 12.2. The Morgan fingerprint density at radius 1 is 0.913 bits per heavy atom. The van der Waals surface area contributed by atoms with Gasteiger partial charge in [-0.1, -0.05) is 17.7 Å². The van der Waals surface area contributed by atoms with E-state index >= 15 is 0 Å². The minimum Gasteiger partial charge on any atom is -0.280 e. The van der Waals surface area contributed by atoms with Crippen molar-refractivity contribution in [3.8, 4) is 0 Å². The number of hydrogen-bond donors (Lipinski definition) is 1. The first-order chi connectivity index (χ1) is 10.6. The summed E-state index contributed by atoms with van der Waals surface area (Å²) in [6, 6.07) is 11.3. The van der Waals surface area contributed by atoms with Gasteiger partial charge in [0, 0.05) is 24.8 Å². The molecular formula is C14H15ClN2O4S2. The third-order valence-electron chi connectivity index (χ3n) is 2.99. The van der Waals surface area contributed by atoms with Crippen LogP contribution in [-0.4, -0.2) is 35.2 Å². The van der Waals surface area contributed by atoms with Gasteiger partial charge in [0.2, 0.25) is 10.0 Å². The Balaban J connectivity index is 2.28. The Morgan fingerprint density at radius 2 is 1.52 bits per heavy atom. The van der Waals surface area contributed by atoms with Gasteiger partial charge in [-0.2, -0.15) is 0 Å². The summed E-state index contributed by atoms with van der Waals surface area (Å²) in [6.07, 6.45) is 0. The number of anilines is 1.